The number of amides is 1. The van der Waals surface area contributed by atoms with Crippen molar-refractivity contribution in [3.63, 3.8) is 0 Å². The zero-order valence-corrected chi connectivity index (χ0v) is 18.2. The van der Waals surface area contributed by atoms with Gasteiger partial charge >= 0.3 is 0 Å². The van der Waals surface area contributed by atoms with Gasteiger partial charge < -0.3 is 10.1 Å². The molecule has 2 aromatic carbocycles. The summed E-state index contributed by atoms with van der Waals surface area (Å²) in [6.45, 7) is 0. The van der Waals surface area contributed by atoms with Crippen molar-refractivity contribution in [2.24, 2.45) is 0 Å². The van der Waals surface area contributed by atoms with Crippen LogP contribution in [-0.2, 0) is 4.79 Å². The summed E-state index contributed by atoms with van der Waals surface area (Å²) in [5.74, 6) is 0.991. The minimum atomic E-state index is -0.0723. The lowest BCUT2D eigenvalue weighted by molar-refractivity contribution is -0.113. The number of fused-ring (bicyclic) bond motifs is 1. The molecule has 152 valence electrons. The number of hydrogen-bond acceptors (Lipinski definition) is 6. The van der Waals surface area contributed by atoms with Crippen molar-refractivity contribution in [1.82, 2.24) is 14.6 Å². The Morgan fingerprint density at radius 1 is 1.17 bits per heavy atom. The van der Waals surface area contributed by atoms with Gasteiger partial charge in [-0.1, -0.05) is 17.8 Å². The first kappa shape index (κ1) is 20.3. The number of rotatable bonds is 7. The van der Waals surface area contributed by atoms with Gasteiger partial charge in [-0.05, 0) is 54.8 Å². The second-order valence-electron chi connectivity index (χ2n) is 6.39. The first-order chi connectivity index (χ1) is 14.7. The number of thioether (sulfide) groups is 2. The molecule has 0 bridgehead atoms. The minimum absolute atomic E-state index is 0.0723. The molecule has 0 aliphatic heterocycles. The van der Waals surface area contributed by atoms with E-state index in [-0.39, 0.29) is 11.7 Å². The highest BCUT2D eigenvalue weighted by molar-refractivity contribution is 8.00. The van der Waals surface area contributed by atoms with Gasteiger partial charge in [0.1, 0.15) is 10.8 Å². The molecule has 0 fully saturated rings. The van der Waals surface area contributed by atoms with Gasteiger partial charge in [-0.25, -0.2) is 9.50 Å². The smallest absolute Gasteiger partial charge is 0.234 e. The lowest BCUT2D eigenvalue weighted by Gasteiger charge is -2.06. The highest BCUT2D eigenvalue weighted by Crippen LogP contribution is 2.27. The predicted octanol–water partition coefficient (Wildman–Crippen LogP) is 4.86. The molecule has 8 heteroatoms. The molecule has 0 aliphatic carbocycles. The fraction of sp³-hybridized carbons (Fsp3) is 0.136. The lowest BCUT2D eigenvalue weighted by atomic mass is 10.1. The largest absolute Gasteiger partial charge is 0.497 e. The van der Waals surface area contributed by atoms with Crippen molar-refractivity contribution in [1.29, 1.82) is 0 Å². The van der Waals surface area contributed by atoms with Crippen LogP contribution in [0, 0.1) is 0 Å². The molecule has 30 heavy (non-hydrogen) atoms. The number of methoxy groups -OCH3 is 1. The molecule has 0 aliphatic rings. The van der Waals surface area contributed by atoms with Crippen molar-refractivity contribution < 1.29 is 9.53 Å². The van der Waals surface area contributed by atoms with Crippen LogP contribution < -0.4 is 10.1 Å². The first-order valence-electron chi connectivity index (χ1n) is 9.22. The quantitative estimate of drug-likeness (QED) is 0.418. The summed E-state index contributed by atoms with van der Waals surface area (Å²) in [4.78, 5) is 18.0. The highest BCUT2D eigenvalue weighted by Gasteiger charge is 2.12. The number of ether oxygens (including phenoxy) is 1. The second-order valence-corrected chi connectivity index (χ2v) is 8.23. The maximum atomic E-state index is 12.4. The van der Waals surface area contributed by atoms with Crippen LogP contribution in [0.5, 0.6) is 5.75 Å². The Labute approximate surface area is 183 Å². The molecule has 0 atom stereocenters. The molecule has 0 saturated carbocycles. The third-order valence-corrected chi connectivity index (χ3v) is 6.15. The summed E-state index contributed by atoms with van der Waals surface area (Å²) in [6.07, 6.45) is 5.51. The van der Waals surface area contributed by atoms with Crippen molar-refractivity contribution in [3.8, 4) is 17.0 Å². The van der Waals surface area contributed by atoms with E-state index in [0.717, 1.165) is 38.1 Å². The van der Waals surface area contributed by atoms with E-state index in [0.29, 0.717) is 0 Å². The zero-order valence-electron chi connectivity index (χ0n) is 16.5. The van der Waals surface area contributed by atoms with E-state index in [9.17, 15) is 4.79 Å². The fourth-order valence-electron chi connectivity index (χ4n) is 2.94. The molecule has 4 aromatic rings. The van der Waals surface area contributed by atoms with Crippen LogP contribution in [0.2, 0.25) is 0 Å². The average molecular weight is 437 g/mol. The number of anilines is 1. The number of benzene rings is 2. The number of carbonyl (C=O) groups excluding carboxylic acids is 1. The fourth-order valence-corrected chi connectivity index (χ4v) is 4.18. The molecule has 0 spiro atoms. The zero-order chi connectivity index (χ0) is 20.9. The van der Waals surface area contributed by atoms with E-state index < -0.39 is 0 Å². The van der Waals surface area contributed by atoms with Gasteiger partial charge in [0.15, 0.2) is 0 Å². The maximum Gasteiger partial charge on any atom is 0.234 e. The van der Waals surface area contributed by atoms with E-state index >= 15 is 0 Å². The van der Waals surface area contributed by atoms with Crippen molar-refractivity contribution in [2.75, 3.05) is 24.4 Å². The van der Waals surface area contributed by atoms with Gasteiger partial charge in [0.05, 0.1) is 24.1 Å². The summed E-state index contributed by atoms with van der Waals surface area (Å²) in [5.41, 5.74) is 3.49. The van der Waals surface area contributed by atoms with Crippen LogP contribution in [0.15, 0.2) is 76.9 Å². The van der Waals surface area contributed by atoms with Crippen LogP contribution >= 0.6 is 23.5 Å². The number of nitrogens with zero attached hydrogens (tertiary/aromatic N) is 3. The van der Waals surface area contributed by atoms with Gasteiger partial charge in [-0.15, -0.1) is 11.8 Å². The van der Waals surface area contributed by atoms with Gasteiger partial charge in [-0.2, -0.15) is 5.10 Å². The van der Waals surface area contributed by atoms with Gasteiger partial charge in [-0.3, -0.25) is 4.79 Å². The first-order valence-corrected chi connectivity index (χ1v) is 11.4. The standard InChI is InChI=1S/C22H20N4O2S2/c1-28-17-8-6-15(7-9-17)19-13-20-22(23-10-11-26(20)25-19)30-14-21(27)24-16-4-3-5-18(12-16)29-2/h3-13H,14H2,1-2H3,(H,24,27). The molecule has 2 heterocycles. The van der Waals surface area contributed by atoms with Crippen LogP contribution in [0.4, 0.5) is 5.69 Å². The van der Waals surface area contributed by atoms with Crippen molar-refractivity contribution in [3.05, 3.63) is 67.0 Å². The number of hydrogen-bond donors (Lipinski definition) is 1. The molecule has 1 N–H and O–H groups in total. The van der Waals surface area contributed by atoms with E-state index in [4.69, 9.17) is 4.74 Å². The number of carbonyl (C=O) groups is 1. The molecule has 0 saturated heterocycles. The van der Waals surface area contributed by atoms with E-state index in [1.165, 1.54) is 11.8 Å². The second kappa shape index (κ2) is 9.23. The topological polar surface area (TPSA) is 68.5 Å². The Morgan fingerprint density at radius 3 is 2.77 bits per heavy atom. The molecular formula is C22H20N4O2S2. The Bertz CT molecular complexity index is 1180. The molecular weight excluding hydrogens is 416 g/mol. The van der Waals surface area contributed by atoms with Gasteiger partial charge in [0.25, 0.3) is 0 Å². The van der Waals surface area contributed by atoms with Crippen molar-refractivity contribution >= 4 is 40.6 Å². The number of nitrogens with one attached hydrogen (secondary N) is 1. The molecule has 6 nitrogen and oxygen atoms in total. The molecule has 1 amide bonds. The third-order valence-electron chi connectivity index (χ3n) is 4.43. The van der Waals surface area contributed by atoms with Crippen LogP contribution in [-0.4, -0.2) is 39.6 Å². The minimum Gasteiger partial charge on any atom is -0.497 e. The lowest BCUT2D eigenvalue weighted by Crippen LogP contribution is -2.14. The Hall–Kier alpha value is -2.97. The van der Waals surface area contributed by atoms with Gasteiger partial charge in [0, 0.05) is 28.5 Å². The Balaban J connectivity index is 1.48. The predicted molar refractivity (Wildman–Crippen MR) is 123 cm³/mol. The normalized spacial score (nSPS) is 10.9. The molecule has 2 aromatic heterocycles. The van der Waals surface area contributed by atoms with E-state index in [1.807, 2.05) is 60.9 Å². The maximum absolute atomic E-state index is 12.4. The van der Waals surface area contributed by atoms with Crippen LogP contribution in [0.3, 0.4) is 0 Å². The van der Waals surface area contributed by atoms with Crippen LogP contribution in [0.25, 0.3) is 16.8 Å². The summed E-state index contributed by atoms with van der Waals surface area (Å²) in [5, 5.41) is 8.34. The van der Waals surface area contributed by atoms with E-state index in [1.54, 1.807) is 35.8 Å². The Kier molecular flexibility index (Phi) is 6.25. The summed E-state index contributed by atoms with van der Waals surface area (Å²) >= 11 is 3.03. The molecule has 4 rings (SSSR count). The van der Waals surface area contributed by atoms with E-state index in [2.05, 4.69) is 15.4 Å². The monoisotopic (exact) mass is 436 g/mol. The molecule has 0 unspecified atom stereocenters. The third kappa shape index (κ3) is 4.60. The SMILES string of the molecule is COc1ccc(-c2cc3c(SCC(=O)Nc4cccc(SC)c4)nccn3n2)cc1. The highest BCUT2D eigenvalue weighted by atomic mass is 32.2. The van der Waals surface area contributed by atoms with Gasteiger partial charge in [0.2, 0.25) is 5.91 Å². The van der Waals surface area contributed by atoms with Crippen molar-refractivity contribution in [2.45, 2.75) is 9.92 Å². The summed E-state index contributed by atoms with van der Waals surface area (Å²) < 4.78 is 7.00. The molecule has 0 radical (unpaired) electrons. The Morgan fingerprint density at radius 2 is 2.00 bits per heavy atom. The number of aromatic nitrogens is 3. The average Bonchev–Trinajstić information content (AvgIpc) is 3.23. The summed E-state index contributed by atoms with van der Waals surface area (Å²) in [6, 6.07) is 17.5. The van der Waals surface area contributed by atoms with Crippen LogP contribution in [0.1, 0.15) is 0 Å². The summed E-state index contributed by atoms with van der Waals surface area (Å²) in [7, 11) is 1.64.